The van der Waals surface area contributed by atoms with Crippen LogP contribution in [0, 0.1) is 0 Å². The maximum absolute atomic E-state index is 2.58. The summed E-state index contributed by atoms with van der Waals surface area (Å²) in [5.74, 6) is 0. The van der Waals surface area contributed by atoms with Gasteiger partial charge in [-0.05, 0) is 137 Å². The first-order chi connectivity index (χ1) is 31.3. The zero-order chi connectivity index (χ0) is 42.9. The summed E-state index contributed by atoms with van der Waals surface area (Å²) in [5, 5.41) is 16.5. The molecule has 0 unspecified atom stereocenters. The predicted octanol–water partition coefficient (Wildman–Crippen LogP) is 14.6. The van der Waals surface area contributed by atoms with Crippen molar-refractivity contribution in [3.8, 4) is 66.8 Å². The third kappa shape index (κ3) is 5.10. The van der Waals surface area contributed by atoms with Crippen LogP contribution in [0.25, 0.3) is 110 Å². The van der Waals surface area contributed by atoms with Crippen molar-refractivity contribution >= 4 is 80.0 Å². The van der Waals surface area contributed by atoms with E-state index in [1.54, 1.807) is 10.4 Å². The summed E-state index contributed by atoms with van der Waals surface area (Å²) in [7, 11) is -4.11. The summed E-state index contributed by atoms with van der Waals surface area (Å²) in [5.41, 5.74) is 16.1. The van der Waals surface area contributed by atoms with Gasteiger partial charge in [-0.15, -0.1) is 0 Å². The van der Waals surface area contributed by atoms with E-state index >= 15 is 0 Å². The smallest absolute Gasteiger partial charge is 0.0623 e. The van der Waals surface area contributed by atoms with Crippen LogP contribution >= 0.6 is 0 Å². The highest BCUT2D eigenvalue weighted by atomic mass is 28.3. The second-order valence-corrected chi connectivity index (χ2v) is 27.6. The van der Waals surface area contributed by atoms with E-state index in [2.05, 4.69) is 232 Å². The maximum Gasteiger partial charge on any atom is 0.114 e. The van der Waals surface area contributed by atoms with E-state index in [1.807, 2.05) is 0 Å². The molecule has 2 heteroatoms. The van der Waals surface area contributed by atoms with Gasteiger partial charge in [0.1, 0.15) is 16.1 Å². The van der Waals surface area contributed by atoms with Crippen LogP contribution in [0.15, 0.2) is 206 Å². The molecule has 0 bridgehead atoms. The topological polar surface area (TPSA) is 0 Å². The van der Waals surface area contributed by atoms with Crippen molar-refractivity contribution in [1.29, 1.82) is 0 Å². The van der Waals surface area contributed by atoms with E-state index in [0.29, 0.717) is 0 Å². The second-order valence-electron chi connectivity index (χ2n) is 19.1. The minimum Gasteiger partial charge on any atom is -0.0623 e. The predicted molar refractivity (Wildman–Crippen MR) is 283 cm³/mol. The fourth-order valence-corrected chi connectivity index (χ4v) is 19.3. The Kier molecular flexibility index (Phi) is 8.01. The van der Waals surface area contributed by atoms with Crippen molar-refractivity contribution in [3.63, 3.8) is 0 Å². The van der Waals surface area contributed by atoms with Gasteiger partial charge in [0.2, 0.25) is 0 Å². The van der Waals surface area contributed by atoms with Gasteiger partial charge in [-0.2, -0.15) is 0 Å². The highest BCUT2D eigenvalue weighted by Crippen LogP contribution is 2.50. The molecule has 11 aromatic rings. The Hall–Kier alpha value is -7.11. The van der Waals surface area contributed by atoms with E-state index < -0.39 is 16.1 Å². The molecule has 0 aromatic heterocycles. The van der Waals surface area contributed by atoms with Crippen LogP contribution in [-0.4, -0.2) is 16.1 Å². The van der Waals surface area contributed by atoms with Gasteiger partial charge in [0.05, 0.1) is 0 Å². The molecular weight excluding hydrogens is 801 g/mol. The van der Waals surface area contributed by atoms with Crippen molar-refractivity contribution in [3.05, 3.63) is 206 Å². The lowest BCUT2D eigenvalue weighted by atomic mass is 9.81. The van der Waals surface area contributed by atoms with E-state index in [-0.39, 0.29) is 0 Å². The highest BCUT2D eigenvalue weighted by molar-refractivity contribution is 7.05. The van der Waals surface area contributed by atoms with Crippen LogP contribution in [0.3, 0.4) is 0 Å². The molecular formula is C62H46Si2. The summed E-state index contributed by atoms with van der Waals surface area (Å²) < 4.78 is 0. The highest BCUT2D eigenvalue weighted by Gasteiger charge is 2.41. The molecule has 2 heterocycles. The average molecular weight is 847 g/mol. The number of rotatable bonds is 4. The van der Waals surface area contributed by atoms with Crippen LogP contribution in [0.2, 0.25) is 26.2 Å². The average Bonchev–Trinajstić information content (AvgIpc) is 3.72. The lowest BCUT2D eigenvalue weighted by Crippen LogP contribution is -2.50. The van der Waals surface area contributed by atoms with Crippen molar-refractivity contribution < 1.29 is 0 Å². The third-order valence-electron chi connectivity index (χ3n) is 15.0. The van der Waals surface area contributed by atoms with Crippen molar-refractivity contribution in [2.45, 2.75) is 26.2 Å². The number of fused-ring (bicyclic) bond motifs is 10. The fourth-order valence-electron chi connectivity index (χ4n) is 12.4. The van der Waals surface area contributed by atoms with Gasteiger partial charge >= 0.3 is 0 Å². The first-order valence-electron chi connectivity index (χ1n) is 22.8. The maximum atomic E-state index is 2.58. The largest absolute Gasteiger partial charge is 0.114 e. The molecule has 64 heavy (non-hydrogen) atoms. The fraction of sp³-hybridized carbons (Fsp3) is 0.0645. The Labute approximate surface area is 377 Å². The molecule has 0 saturated heterocycles. The lowest BCUT2D eigenvalue weighted by molar-refractivity contribution is 1.65. The van der Waals surface area contributed by atoms with E-state index in [0.717, 1.165) is 0 Å². The van der Waals surface area contributed by atoms with Crippen molar-refractivity contribution in [2.75, 3.05) is 0 Å². The lowest BCUT2D eigenvalue weighted by Gasteiger charge is -2.25. The molecule has 0 aliphatic carbocycles. The molecule has 0 spiro atoms. The molecule has 0 radical (unpaired) electrons. The molecule has 0 nitrogen and oxygen atoms in total. The first kappa shape index (κ1) is 37.4. The second kappa shape index (κ2) is 13.7. The van der Waals surface area contributed by atoms with Gasteiger partial charge < -0.3 is 0 Å². The zero-order valence-electron chi connectivity index (χ0n) is 36.6. The minimum absolute atomic E-state index is 1.24. The number of benzene rings is 11. The minimum atomic E-state index is -2.06. The van der Waals surface area contributed by atoms with E-state index in [9.17, 15) is 0 Å². The van der Waals surface area contributed by atoms with Crippen LogP contribution in [0.4, 0.5) is 0 Å². The summed E-state index contributed by atoms with van der Waals surface area (Å²) >= 11 is 0. The Bertz CT molecular complexity index is 3560. The van der Waals surface area contributed by atoms with Gasteiger partial charge in [-0.25, -0.2) is 0 Å². The first-order valence-corrected chi connectivity index (χ1v) is 28.8. The van der Waals surface area contributed by atoms with Gasteiger partial charge in [-0.1, -0.05) is 226 Å². The number of hydrogen-bond donors (Lipinski definition) is 0. The van der Waals surface area contributed by atoms with Crippen LogP contribution in [0.1, 0.15) is 0 Å². The van der Waals surface area contributed by atoms with Crippen molar-refractivity contribution in [2.24, 2.45) is 0 Å². The molecule has 0 saturated carbocycles. The summed E-state index contributed by atoms with van der Waals surface area (Å²) in [4.78, 5) is 0. The zero-order valence-corrected chi connectivity index (χ0v) is 38.6. The van der Waals surface area contributed by atoms with Crippen LogP contribution < -0.4 is 20.7 Å². The monoisotopic (exact) mass is 846 g/mol. The normalized spacial score (nSPS) is 14.2. The van der Waals surface area contributed by atoms with Gasteiger partial charge in [-0.3, -0.25) is 0 Å². The molecule has 0 fully saturated rings. The summed E-state index contributed by atoms with van der Waals surface area (Å²) in [6, 6.07) is 78.7. The van der Waals surface area contributed by atoms with Gasteiger partial charge in [0.15, 0.2) is 0 Å². The van der Waals surface area contributed by atoms with E-state index in [4.69, 9.17) is 0 Å². The Morgan fingerprint density at radius 1 is 0.234 bits per heavy atom. The quantitative estimate of drug-likeness (QED) is 0.122. The molecule has 13 rings (SSSR count). The standard InChI is InChI=1S/C62H46Si2/c1-63(2)56-36-14-12-22-42(56)52-34-18-32-50(61(52)63)40-28-16-30-48-54(40)38-55-41(51-33-19-35-53-43-23-13-15-37-57(43)64(3,4)62(51)53)29-17-31-49(55)60(48)59-46-26-10-8-24-44(46)58(39-20-6-5-7-21-39)45-25-9-11-27-47(45)59/h5-38H,1-4H3. The molecule has 2 aliphatic heterocycles. The molecule has 11 aromatic carbocycles. The SMILES string of the molecule is C[Si]1(C)c2ccccc2-c2cccc(-c3cccc4c(-c5c6ccccc6c(-c6ccccc6)c6ccccc56)c5cccc(-c6cccc7c6[Si](C)(C)c6ccccc6-7)c5cc34)c21. The third-order valence-corrected chi connectivity index (χ3v) is 22.2. The Morgan fingerprint density at radius 2 is 0.531 bits per heavy atom. The van der Waals surface area contributed by atoms with Gasteiger partial charge in [0.25, 0.3) is 0 Å². The van der Waals surface area contributed by atoms with E-state index in [1.165, 1.54) is 120 Å². The summed E-state index contributed by atoms with van der Waals surface area (Å²) in [6.07, 6.45) is 0. The molecule has 2 aliphatic rings. The van der Waals surface area contributed by atoms with Crippen LogP contribution in [0.5, 0.6) is 0 Å². The van der Waals surface area contributed by atoms with Gasteiger partial charge in [0, 0.05) is 0 Å². The Morgan fingerprint density at radius 3 is 0.984 bits per heavy atom. The summed E-state index contributed by atoms with van der Waals surface area (Å²) in [6.45, 7) is 10.2. The van der Waals surface area contributed by atoms with Crippen LogP contribution in [-0.2, 0) is 0 Å². The van der Waals surface area contributed by atoms with Crippen molar-refractivity contribution in [1.82, 2.24) is 0 Å². The number of hydrogen-bond acceptors (Lipinski definition) is 0. The molecule has 0 atom stereocenters. The molecule has 302 valence electrons. The molecule has 0 N–H and O–H groups in total. The molecule has 0 amide bonds. The Balaban J connectivity index is 1.20.